The Hall–Kier alpha value is 0.270. The standard InChI is InChI=1S/C14H30N2S/c1-11(2)6-7-15-8-12(3)16-9-13(4)17-14(5)10-16/h11-15H,6-10H2,1-5H3. The lowest BCUT2D eigenvalue weighted by Crippen LogP contribution is -2.48. The van der Waals surface area contributed by atoms with Crippen molar-refractivity contribution in [1.29, 1.82) is 0 Å². The first-order valence-electron chi connectivity index (χ1n) is 7.09. The second kappa shape index (κ2) is 7.65. The molecular weight excluding hydrogens is 228 g/mol. The van der Waals surface area contributed by atoms with E-state index in [0.717, 1.165) is 29.5 Å². The van der Waals surface area contributed by atoms with Gasteiger partial charge in [-0.3, -0.25) is 4.90 Å². The number of nitrogens with one attached hydrogen (secondary N) is 1. The van der Waals surface area contributed by atoms with Gasteiger partial charge in [-0.1, -0.05) is 27.7 Å². The summed E-state index contributed by atoms with van der Waals surface area (Å²) in [5, 5.41) is 5.17. The molecule has 3 unspecified atom stereocenters. The molecule has 0 amide bonds. The number of nitrogens with zero attached hydrogens (tertiary/aromatic N) is 1. The third-order valence-electron chi connectivity index (χ3n) is 3.41. The minimum atomic E-state index is 0.674. The molecule has 1 N–H and O–H groups in total. The number of hydrogen-bond acceptors (Lipinski definition) is 3. The van der Waals surface area contributed by atoms with Crippen LogP contribution in [0, 0.1) is 5.92 Å². The van der Waals surface area contributed by atoms with Crippen LogP contribution in [0.15, 0.2) is 0 Å². The van der Waals surface area contributed by atoms with Gasteiger partial charge in [0.1, 0.15) is 0 Å². The molecule has 0 aromatic rings. The molecule has 0 aromatic heterocycles. The Kier molecular flexibility index (Phi) is 6.90. The van der Waals surface area contributed by atoms with Crippen molar-refractivity contribution in [3.8, 4) is 0 Å². The summed E-state index contributed by atoms with van der Waals surface area (Å²) in [6.07, 6.45) is 1.29. The first kappa shape index (κ1) is 15.3. The van der Waals surface area contributed by atoms with Crippen LogP contribution in [0.5, 0.6) is 0 Å². The maximum absolute atomic E-state index is 3.59. The van der Waals surface area contributed by atoms with E-state index in [4.69, 9.17) is 0 Å². The lowest BCUT2D eigenvalue weighted by Gasteiger charge is -2.38. The minimum Gasteiger partial charge on any atom is -0.315 e. The SMILES string of the molecule is CC(C)CCNCC(C)N1CC(C)SC(C)C1. The van der Waals surface area contributed by atoms with Crippen LogP contribution in [-0.2, 0) is 0 Å². The van der Waals surface area contributed by atoms with Crippen LogP contribution in [0.2, 0.25) is 0 Å². The van der Waals surface area contributed by atoms with Gasteiger partial charge in [-0.05, 0) is 25.8 Å². The first-order chi connectivity index (χ1) is 7.99. The van der Waals surface area contributed by atoms with E-state index in [2.05, 4.69) is 56.6 Å². The van der Waals surface area contributed by atoms with Crippen LogP contribution < -0.4 is 5.32 Å². The van der Waals surface area contributed by atoms with Crippen molar-refractivity contribution in [2.45, 2.75) is 57.6 Å². The molecule has 3 atom stereocenters. The zero-order chi connectivity index (χ0) is 12.8. The minimum absolute atomic E-state index is 0.674. The quantitative estimate of drug-likeness (QED) is 0.738. The molecule has 1 rings (SSSR count). The van der Waals surface area contributed by atoms with Gasteiger partial charge >= 0.3 is 0 Å². The predicted molar refractivity (Wildman–Crippen MR) is 79.9 cm³/mol. The van der Waals surface area contributed by atoms with Crippen molar-refractivity contribution in [1.82, 2.24) is 10.2 Å². The Labute approximate surface area is 112 Å². The van der Waals surface area contributed by atoms with E-state index in [-0.39, 0.29) is 0 Å². The Balaban J connectivity index is 2.20. The molecule has 0 spiro atoms. The van der Waals surface area contributed by atoms with Crippen LogP contribution >= 0.6 is 11.8 Å². The summed E-state index contributed by atoms with van der Waals surface area (Å²) in [6, 6.07) is 0.674. The van der Waals surface area contributed by atoms with Gasteiger partial charge in [-0.2, -0.15) is 11.8 Å². The molecule has 2 nitrogen and oxygen atoms in total. The third kappa shape index (κ3) is 6.12. The molecule has 0 radical (unpaired) electrons. The van der Waals surface area contributed by atoms with Gasteiger partial charge in [-0.15, -0.1) is 0 Å². The molecule has 1 heterocycles. The summed E-state index contributed by atoms with van der Waals surface area (Å²) in [5.41, 5.74) is 0. The van der Waals surface area contributed by atoms with Crippen LogP contribution in [0.4, 0.5) is 0 Å². The lowest BCUT2D eigenvalue weighted by molar-refractivity contribution is 0.201. The van der Waals surface area contributed by atoms with Gasteiger partial charge in [0.15, 0.2) is 0 Å². The molecule has 17 heavy (non-hydrogen) atoms. The zero-order valence-electron chi connectivity index (χ0n) is 12.2. The second-order valence-corrected chi connectivity index (χ2v) is 7.83. The Morgan fingerprint density at radius 2 is 1.76 bits per heavy atom. The lowest BCUT2D eigenvalue weighted by atomic mass is 10.1. The van der Waals surface area contributed by atoms with E-state index in [0.29, 0.717) is 6.04 Å². The molecular formula is C14H30N2S. The molecule has 1 fully saturated rings. The van der Waals surface area contributed by atoms with Crippen LogP contribution in [0.3, 0.4) is 0 Å². The molecule has 1 saturated heterocycles. The van der Waals surface area contributed by atoms with E-state index < -0.39 is 0 Å². The molecule has 1 aliphatic rings. The molecule has 0 aromatic carbocycles. The molecule has 0 aliphatic carbocycles. The van der Waals surface area contributed by atoms with Gasteiger partial charge in [0.25, 0.3) is 0 Å². The molecule has 3 heteroatoms. The van der Waals surface area contributed by atoms with Gasteiger partial charge < -0.3 is 5.32 Å². The van der Waals surface area contributed by atoms with E-state index >= 15 is 0 Å². The Morgan fingerprint density at radius 1 is 1.18 bits per heavy atom. The molecule has 102 valence electrons. The summed E-state index contributed by atoms with van der Waals surface area (Å²) in [7, 11) is 0. The Morgan fingerprint density at radius 3 is 2.29 bits per heavy atom. The smallest absolute Gasteiger partial charge is 0.0193 e. The summed E-state index contributed by atoms with van der Waals surface area (Å²) >= 11 is 2.13. The van der Waals surface area contributed by atoms with E-state index in [1.807, 2.05) is 0 Å². The first-order valence-corrected chi connectivity index (χ1v) is 8.03. The average Bonchev–Trinajstić information content (AvgIpc) is 2.22. The normalized spacial score (nSPS) is 28.6. The molecule has 0 saturated carbocycles. The summed E-state index contributed by atoms with van der Waals surface area (Å²) in [5.74, 6) is 0.809. The molecule has 0 bridgehead atoms. The largest absolute Gasteiger partial charge is 0.315 e. The topological polar surface area (TPSA) is 15.3 Å². The monoisotopic (exact) mass is 258 g/mol. The van der Waals surface area contributed by atoms with Gasteiger partial charge in [0, 0.05) is 36.2 Å². The zero-order valence-corrected chi connectivity index (χ0v) is 13.0. The second-order valence-electron chi connectivity index (χ2n) is 5.95. The fourth-order valence-electron chi connectivity index (χ4n) is 2.41. The summed E-state index contributed by atoms with van der Waals surface area (Å²) in [6.45, 7) is 16.4. The fraction of sp³-hybridized carbons (Fsp3) is 1.00. The number of hydrogen-bond donors (Lipinski definition) is 1. The van der Waals surface area contributed by atoms with Gasteiger partial charge in [-0.25, -0.2) is 0 Å². The number of thioether (sulfide) groups is 1. The highest BCUT2D eigenvalue weighted by Gasteiger charge is 2.25. The van der Waals surface area contributed by atoms with Crippen LogP contribution in [-0.4, -0.2) is 47.6 Å². The number of rotatable bonds is 6. The van der Waals surface area contributed by atoms with Gasteiger partial charge in [0.2, 0.25) is 0 Å². The fourth-order valence-corrected chi connectivity index (χ4v) is 3.76. The highest BCUT2D eigenvalue weighted by Crippen LogP contribution is 2.25. The third-order valence-corrected chi connectivity index (χ3v) is 4.64. The van der Waals surface area contributed by atoms with Crippen LogP contribution in [0.25, 0.3) is 0 Å². The predicted octanol–water partition coefficient (Wildman–Crippen LogP) is 2.84. The summed E-state index contributed by atoms with van der Waals surface area (Å²) in [4.78, 5) is 2.65. The van der Waals surface area contributed by atoms with E-state index in [9.17, 15) is 0 Å². The van der Waals surface area contributed by atoms with Crippen molar-refractivity contribution in [3.63, 3.8) is 0 Å². The van der Waals surface area contributed by atoms with Crippen molar-refractivity contribution < 1.29 is 0 Å². The van der Waals surface area contributed by atoms with Crippen LogP contribution in [0.1, 0.15) is 41.0 Å². The average molecular weight is 258 g/mol. The Bertz CT molecular complexity index is 198. The van der Waals surface area contributed by atoms with Gasteiger partial charge in [0.05, 0.1) is 0 Å². The highest BCUT2D eigenvalue weighted by molar-refractivity contribution is 8.00. The molecule has 1 aliphatic heterocycles. The van der Waals surface area contributed by atoms with E-state index in [1.165, 1.54) is 19.5 Å². The maximum Gasteiger partial charge on any atom is 0.0193 e. The van der Waals surface area contributed by atoms with Crippen molar-refractivity contribution in [2.24, 2.45) is 5.92 Å². The van der Waals surface area contributed by atoms with Crippen molar-refractivity contribution in [3.05, 3.63) is 0 Å². The van der Waals surface area contributed by atoms with E-state index in [1.54, 1.807) is 0 Å². The highest BCUT2D eigenvalue weighted by atomic mass is 32.2. The van der Waals surface area contributed by atoms with Crippen molar-refractivity contribution >= 4 is 11.8 Å². The maximum atomic E-state index is 3.59. The van der Waals surface area contributed by atoms with Crippen molar-refractivity contribution in [2.75, 3.05) is 26.2 Å². The summed E-state index contributed by atoms with van der Waals surface area (Å²) < 4.78 is 0.